The molecule has 1 fully saturated rings. The van der Waals surface area contributed by atoms with Gasteiger partial charge >= 0.3 is 0 Å². The van der Waals surface area contributed by atoms with Crippen LogP contribution in [-0.4, -0.2) is 20.9 Å². The summed E-state index contributed by atoms with van der Waals surface area (Å²) in [6.45, 7) is 4.69. The minimum atomic E-state index is -3.80. The van der Waals surface area contributed by atoms with Gasteiger partial charge in [0.2, 0.25) is 10.0 Å². The number of carbonyl (C=O) groups is 1. The minimum Gasteiger partial charge on any atom is -0.351 e. The first-order valence-corrected chi connectivity index (χ1v) is 8.80. The van der Waals surface area contributed by atoms with Crippen LogP contribution in [0.4, 0.5) is 0 Å². The first-order chi connectivity index (χ1) is 9.81. The fourth-order valence-corrected chi connectivity index (χ4v) is 2.99. The highest BCUT2D eigenvalue weighted by Gasteiger charge is 2.40. The molecule has 0 heterocycles. The van der Waals surface area contributed by atoms with Crippen molar-refractivity contribution in [1.29, 1.82) is 0 Å². The summed E-state index contributed by atoms with van der Waals surface area (Å²) in [5.74, 6) is -0.225. The largest absolute Gasteiger partial charge is 0.351 e. The van der Waals surface area contributed by atoms with Crippen molar-refractivity contribution in [1.82, 2.24) is 5.32 Å². The Morgan fingerprint density at radius 2 is 2.00 bits per heavy atom. The Morgan fingerprint density at radius 1 is 1.33 bits per heavy atom. The smallest absolute Gasteiger partial charge is 0.251 e. The van der Waals surface area contributed by atoms with Crippen LogP contribution in [0.15, 0.2) is 23.1 Å². The van der Waals surface area contributed by atoms with E-state index in [1.54, 1.807) is 6.07 Å². The Balaban J connectivity index is 2.22. The van der Waals surface area contributed by atoms with Crippen LogP contribution in [0.25, 0.3) is 0 Å². The van der Waals surface area contributed by atoms with E-state index in [2.05, 4.69) is 12.2 Å². The average Bonchev–Trinajstić information content (AvgIpc) is 3.23. The number of nitrogens with two attached hydrogens (primary N) is 1. The Hall–Kier alpha value is -1.40. The van der Waals surface area contributed by atoms with Gasteiger partial charge in [-0.2, -0.15) is 0 Å². The average molecular weight is 310 g/mol. The zero-order chi connectivity index (χ0) is 15.7. The summed E-state index contributed by atoms with van der Waals surface area (Å²) in [7, 11) is -3.80. The molecule has 0 radical (unpaired) electrons. The molecule has 0 unspecified atom stereocenters. The number of rotatable bonds is 6. The molecule has 0 bridgehead atoms. The highest BCUT2D eigenvalue weighted by Crippen LogP contribution is 2.47. The molecule has 1 amide bonds. The van der Waals surface area contributed by atoms with E-state index in [4.69, 9.17) is 5.14 Å². The molecule has 21 heavy (non-hydrogen) atoms. The lowest BCUT2D eigenvalue weighted by Gasteiger charge is -2.15. The van der Waals surface area contributed by atoms with E-state index < -0.39 is 10.0 Å². The first kappa shape index (κ1) is 16.0. The summed E-state index contributed by atoms with van der Waals surface area (Å²) in [4.78, 5) is 12.3. The Labute approximate surface area is 126 Å². The van der Waals surface area contributed by atoms with Gasteiger partial charge in [-0.15, -0.1) is 0 Å². The predicted octanol–water partition coefficient (Wildman–Crippen LogP) is 1.82. The number of primary sulfonamides is 1. The third-order valence-electron chi connectivity index (χ3n) is 4.37. The molecule has 5 nitrogen and oxygen atoms in total. The fraction of sp³-hybridized carbons (Fsp3) is 0.533. The fourth-order valence-electron chi connectivity index (χ4n) is 2.45. The van der Waals surface area contributed by atoms with Gasteiger partial charge in [0, 0.05) is 12.1 Å². The summed E-state index contributed by atoms with van der Waals surface area (Å²) in [6.07, 6.45) is 3.99. The van der Waals surface area contributed by atoms with E-state index in [1.165, 1.54) is 12.1 Å². The van der Waals surface area contributed by atoms with Crippen molar-refractivity contribution >= 4 is 15.9 Å². The normalized spacial score (nSPS) is 16.5. The molecule has 0 aromatic heterocycles. The molecule has 0 aliphatic heterocycles. The van der Waals surface area contributed by atoms with E-state index in [1.807, 2.05) is 6.92 Å². The molecule has 1 aliphatic carbocycles. The second-order valence-corrected chi connectivity index (χ2v) is 7.32. The minimum absolute atomic E-state index is 0.0264. The van der Waals surface area contributed by atoms with Gasteiger partial charge in [0.15, 0.2) is 0 Å². The van der Waals surface area contributed by atoms with Crippen LogP contribution in [0.3, 0.4) is 0 Å². The lowest BCUT2D eigenvalue weighted by atomic mass is 10.0. The maximum absolute atomic E-state index is 12.3. The van der Waals surface area contributed by atoms with Crippen LogP contribution in [0.2, 0.25) is 0 Å². The number of sulfonamides is 1. The van der Waals surface area contributed by atoms with Gasteiger partial charge < -0.3 is 5.32 Å². The third kappa shape index (κ3) is 3.63. The van der Waals surface area contributed by atoms with Crippen LogP contribution >= 0.6 is 0 Å². The molecule has 3 N–H and O–H groups in total. The number of carbonyl (C=O) groups excluding carboxylic acids is 1. The van der Waals surface area contributed by atoms with Gasteiger partial charge in [0.05, 0.1) is 4.90 Å². The number of hydrogen-bond acceptors (Lipinski definition) is 3. The van der Waals surface area contributed by atoms with Crippen LogP contribution in [-0.2, 0) is 16.4 Å². The summed E-state index contributed by atoms with van der Waals surface area (Å²) in [6, 6.07) is 4.47. The number of aryl methyl sites for hydroxylation is 1. The van der Waals surface area contributed by atoms with E-state index in [-0.39, 0.29) is 16.2 Å². The van der Waals surface area contributed by atoms with Gasteiger partial charge in [-0.05, 0) is 48.8 Å². The number of amides is 1. The summed E-state index contributed by atoms with van der Waals surface area (Å²) in [5.41, 5.74) is 1.47. The van der Waals surface area contributed by atoms with Crippen molar-refractivity contribution in [3.8, 4) is 0 Å². The molecule has 1 saturated carbocycles. The molecular weight excluding hydrogens is 288 g/mol. The number of nitrogens with one attached hydrogen (secondary N) is 1. The van der Waals surface area contributed by atoms with E-state index in [0.717, 1.165) is 24.8 Å². The second kappa shape index (κ2) is 5.77. The van der Waals surface area contributed by atoms with Gasteiger partial charge in [-0.1, -0.05) is 19.9 Å². The molecule has 6 heteroatoms. The molecule has 1 aromatic carbocycles. The maximum atomic E-state index is 12.3. The van der Waals surface area contributed by atoms with Crippen LogP contribution in [0.5, 0.6) is 0 Å². The lowest BCUT2D eigenvalue weighted by Crippen LogP contribution is -2.31. The van der Waals surface area contributed by atoms with Crippen LogP contribution in [0, 0.1) is 5.41 Å². The van der Waals surface area contributed by atoms with Gasteiger partial charge in [0.1, 0.15) is 0 Å². The Morgan fingerprint density at radius 3 is 2.48 bits per heavy atom. The topological polar surface area (TPSA) is 89.3 Å². The Kier molecular flexibility index (Phi) is 4.39. The zero-order valence-electron chi connectivity index (χ0n) is 12.5. The molecule has 1 aliphatic rings. The summed E-state index contributed by atoms with van der Waals surface area (Å²) >= 11 is 0. The van der Waals surface area contributed by atoms with Crippen LogP contribution < -0.4 is 10.5 Å². The number of benzene rings is 1. The highest BCUT2D eigenvalue weighted by molar-refractivity contribution is 7.89. The van der Waals surface area contributed by atoms with Crippen molar-refractivity contribution in [2.24, 2.45) is 10.6 Å². The molecule has 0 saturated heterocycles. The predicted molar refractivity (Wildman–Crippen MR) is 81.5 cm³/mol. The molecule has 116 valence electrons. The van der Waals surface area contributed by atoms with Crippen molar-refractivity contribution in [3.63, 3.8) is 0 Å². The molecule has 0 spiro atoms. The van der Waals surface area contributed by atoms with Crippen LogP contribution in [0.1, 0.15) is 49.0 Å². The van der Waals surface area contributed by atoms with E-state index >= 15 is 0 Å². The monoisotopic (exact) mass is 310 g/mol. The van der Waals surface area contributed by atoms with Crippen molar-refractivity contribution in [3.05, 3.63) is 29.3 Å². The summed E-state index contributed by atoms with van der Waals surface area (Å²) in [5, 5.41) is 8.06. The molecule has 0 atom stereocenters. The van der Waals surface area contributed by atoms with Gasteiger partial charge in [-0.3, -0.25) is 4.79 Å². The Bertz CT molecular complexity index is 649. The standard InChI is InChI=1S/C15H22N2O3S/c1-3-11-5-6-12(21(16,19)20)9-13(11)14(18)17-10-15(4-2)7-8-15/h5-6,9H,3-4,7-8,10H2,1-2H3,(H,17,18)(H2,16,19,20). The van der Waals surface area contributed by atoms with E-state index in [0.29, 0.717) is 18.5 Å². The quantitative estimate of drug-likeness (QED) is 0.840. The van der Waals surface area contributed by atoms with Crippen molar-refractivity contribution in [2.45, 2.75) is 44.4 Å². The SMILES string of the molecule is CCc1ccc(S(N)(=O)=O)cc1C(=O)NCC1(CC)CC1. The zero-order valence-corrected chi connectivity index (χ0v) is 13.3. The van der Waals surface area contributed by atoms with Crippen molar-refractivity contribution in [2.75, 3.05) is 6.54 Å². The molecule has 1 aromatic rings. The van der Waals surface area contributed by atoms with Gasteiger partial charge in [-0.25, -0.2) is 13.6 Å². The van der Waals surface area contributed by atoms with Gasteiger partial charge in [0.25, 0.3) is 5.91 Å². The van der Waals surface area contributed by atoms with E-state index in [9.17, 15) is 13.2 Å². The lowest BCUT2D eigenvalue weighted by molar-refractivity contribution is 0.0943. The highest BCUT2D eigenvalue weighted by atomic mass is 32.2. The molecular formula is C15H22N2O3S. The first-order valence-electron chi connectivity index (χ1n) is 7.25. The maximum Gasteiger partial charge on any atom is 0.251 e. The van der Waals surface area contributed by atoms with Crippen molar-refractivity contribution < 1.29 is 13.2 Å². The summed E-state index contributed by atoms with van der Waals surface area (Å²) < 4.78 is 22.9. The third-order valence-corrected chi connectivity index (χ3v) is 5.28. The molecule has 2 rings (SSSR count). The second-order valence-electron chi connectivity index (χ2n) is 5.75. The number of hydrogen-bond donors (Lipinski definition) is 2.